The van der Waals surface area contributed by atoms with Crippen LogP contribution >= 0.6 is 11.6 Å². The van der Waals surface area contributed by atoms with E-state index in [4.69, 9.17) is 11.6 Å². The van der Waals surface area contributed by atoms with Crippen LogP contribution in [0.25, 0.3) is 0 Å². The van der Waals surface area contributed by atoms with Crippen LogP contribution in [0, 0.1) is 15.9 Å². The lowest BCUT2D eigenvalue weighted by Crippen LogP contribution is -2.36. The largest absolute Gasteiger partial charge is 0.393 e. The van der Waals surface area contributed by atoms with Crippen LogP contribution in [-0.4, -0.2) is 35.1 Å². The molecule has 1 aliphatic rings. The van der Waals surface area contributed by atoms with E-state index < -0.39 is 16.6 Å². The number of rotatable bonds is 5. The molecule has 7 nitrogen and oxygen atoms in total. The monoisotopic (exact) mass is 407 g/mol. The first kappa shape index (κ1) is 20.0. The van der Waals surface area contributed by atoms with Gasteiger partial charge in [-0.05, 0) is 42.7 Å². The Labute approximate surface area is 165 Å². The molecule has 1 saturated heterocycles. The molecular formula is C19H19ClFN3O4. The number of halogens is 2. The molecule has 1 aliphatic heterocycles. The minimum atomic E-state index is -0.676. The number of aliphatic hydroxyl groups excluding tert-OH is 1. The lowest BCUT2D eigenvalue weighted by atomic mass is 10.1. The second kappa shape index (κ2) is 8.53. The number of carbonyl (C=O) groups excluding carboxylic acids is 1. The fraction of sp³-hybridized carbons (Fsp3) is 0.316. The summed E-state index contributed by atoms with van der Waals surface area (Å²) in [6, 6.07) is 8.45. The van der Waals surface area contributed by atoms with Gasteiger partial charge in [0, 0.05) is 30.7 Å². The molecule has 1 heterocycles. The summed E-state index contributed by atoms with van der Waals surface area (Å²) in [7, 11) is 0. The predicted octanol–water partition coefficient (Wildman–Crippen LogP) is 3.28. The first-order valence-corrected chi connectivity index (χ1v) is 9.16. The Morgan fingerprint density at radius 2 is 2.00 bits per heavy atom. The molecule has 0 aromatic heterocycles. The van der Waals surface area contributed by atoms with Crippen LogP contribution in [0.5, 0.6) is 0 Å². The summed E-state index contributed by atoms with van der Waals surface area (Å²) in [5, 5.41) is 23.4. The highest BCUT2D eigenvalue weighted by molar-refractivity contribution is 6.31. The van der Waals surface area contributed by atoms with Crippen LogP contribution in [0.15, 0.2) is 36.4 Å². The van der Waals surface area contributed by atoms with Gasteiger partial charge in [-0.3, -0.25) is 14.9 Å². The van der Waals surface area contributed by atoms with Crippen molar-refractivity contribution in [3.63, 3.8) is 0 Å². The molecule has 0 atom stereocenters. The first-order valence-electron chi connectivity index (χ1n) is 8.78. The summed E-state index contributed by atoms with van der Waals surface area (Å²) in [6.45, 7) is 1.18. The molecule has 0 bridgehead atoms. The van der Waals surface area contributed by atoms with Gasteiger partial charge in [0.15, 0.2) is 0 Å². The van der Waals surface area contributed by atoms with Crippen LogP contribution in [0.4, 0.5) is 15.8 Å². The smallest absolute Gasteiger partial charge is 0.283 e. The van der Waals surface area contributed by atoms with Gasteiger partial charge in [-0.1, -0.05) is 17.7 Å². The fourth-order valence-electron chi connectivity index (χ4n) is 3.15. The molecule has 3 rings (SSSR count). The summed E-state index contributed by atoms with van der Waals surface area (Å²) in [5.41, 5.74) is 0.482. The normalized spacial score (nSPS) is 14.8. The molecule has 1 amide bonds. The van der Waals surface area contributed by atoms with Crippen LogP contribution in [0.2, 0.25) is 5.02 Å². The first-order chi connectivity index (χ1) is 13.3. The van der Waals surface area contributed by atoms with Gasteiger partial charge in [-0.15, -0.1) is 0 Å². The Bertz CT molecular complexity index is 901. The summed E-state index contributed by atoms with van der Waals surface area (Å²) < 4.78 is 14.5. The molecule has 2 aromatic carbocycles. The van der Waals surface area contributed by atoms with E-state index in [1.54, 1.807) is 12.1 Å². The minimum Gasteiger partial charge on any atom is -0.393 e. The Kier molecular flexibility index (Phi) is 6.11. The quantitative estimate of drug-likeness (QED) is 0.585. The molecule has 9 heteroatoms. The van der Waals surface area contributed by atoms with Crippen molar-refractivity contribution < 1.29 is 19.2 Å². The highest BCUT2D eigenvalue weighted by atomic mass is 35.5. The van der Waals surface area contributed by atoms with Gasteiger partial charge in [-0.25, -0.2) is 4.39 Å². The number of nitrogens with zero attached hydrogens (tertiary/aromatic N) is 2. The lowest BCUT2D eigenvalue weighted by molar-refractivity contribution is -0.385. The molecule has 148 valence electrons. The summed E-state index contributed by atoms with van der Waals surface area (Å²) in [4.78, 5) is 24.6. The molecule has 28 heavy (non-hydrogen) atoms. The number of carbonyl (C=O) groups is 1. The maximum Gasteiger partial charge on any atom is 0.283 e. The zero-order chi connectivity index (χ0) is 20.3. The molecule has 0 unspecified atom stereocenters. The van der Waals surface area contributed by atoms with Crippen molar-refractivity contribution >= 4 is 28.9 Å². The Hall–Kier alpha value is -2.71. The number of aliphatic hydroxyl groups is 1. The van der Waals surface area contributed by atoms with Gasteiger partial charge < -0.3 is 15.3 Å². The predicted molar refractivity (Wildman–Crippen MR) is 103 cm³/mol. The van der Waals surface area contributed by atoms with E-state index in [9.17, 15) is 24.4 Å². The van der Waals surface area contributed by atoms with Crippen molar-refractivity contribution in [2.45, 2.75) is 25.5 Å². The summed E-state index contributed by atoms with van der Waals surface area (Å²) >= 11 is 5.75. The summed E-state index contributed by atoms with van der Waals surface area (Å²) in [6.07, 6.45) is 0.847. The molecular weight excluding hydrogens is 389 g/mol. The molecule has 0 saturated carbocycles. The van der Waals surface area contributed by atoms with E-state index in [0.29, 0.717) is 37.2 Å². The Morgan fingerprint density at radius 3 is 2.64 bits per heavy atom. The standard InChI is InChI=1S/C19H19ClFN3O4/c20-13-2-3-15(18(10-13)24(27)28)19(26)22-11-12-1-4-17(16(21)9-12)23-7-5-14(25)6-8-23/h1-4,9-10,14,25H,5-8,11H2,(H,22,26). The topological polar surface area (TPSA) is 95.7 Å². The maximum absolute atomic E-state index is 14.5. The van der Waals surface area contributed by atoms with Crippen molar-refractivity contribution in [3.05, 3.63) is 68.5 Å². The van der Waals surface area contributed by atoms with Crippen molar-refractivity contribution in [2.75, 3.05) is 18.0 Å². The average Bonchev–Trinajstić information content (AvgIpc) is 2.67. The second-order valence-corrected chi connectivity index (χ2v) is 7.04. The van der Waals surface area contributed by atoms with Crippen molar-refractivity contribution in [3.8, 4) is 0 Å². The number of amides is 1. The fourth-order valence-corrected chi connectivity index (χ4v) is 3.32. The zero-order valence-corrected chi connectivity index (χ0v) is 15.7. The Balaban J connectivity index is 1.67. The van der Waals surface area contributed by atoms with Gasteiger partial charge in [0.1, 0.15) is 11.4 Å². The highest BCUT2D eigenvalue weighted by Crippen LogP contribution is 2.25. The molecule has 0 spiro atoms. The second-order valence-electron chi connectivity index (χ2n) is 6.61. The van der Waals surface area contributed by atoms with Crippen LogP contribution < -0.4 is 10.2 Å². The van der Waals surface area contributed by atoms with E-state index in [-0.39, 0.29) is 28.9 Å². The molecule has 0 radical (unpaired) electrons. The molecule has 2 N–H and O–H groups in total. The van der Waals surface area contributed by atoms with Gasteiger partial charge >= 0.3 is 0 Å². The van der Waals surface area contributed by atoms with Gasteiger partial charge in [-0.2, -0.15) is 0 Å². The van der Waals surface area contributed by atoms with Gasteiger partial charge in [0.05, 0.1) is 16.7 Å². The Morgan fingerprint density at radius 1 is 1.29 bits per heavy atom. The number of hydrogen-bond acceptors (Lipinski definition) is 5. The number of piperidine rings is 1. The van der Waals surface area contributed by atoms with E-state index in [1.807, 2.05) is 4.90 Å². The minimum absolute atomic E-state index is 0.0223. The number of hydrogen-bond donors (Lipinski definition) is 2. The zero-order valence-electron chi connectivity index (χ0n) is 14.9. The van der Waals surface area contributed by atoms with Crippen molar-refractivity contribution in [2.24, 2.45) is 0 Å². The maximum atomic E-state index is 14.5. The van der Waals surface area contributed by atoms with E-state index in [1.165, 1.54) is 18.2 Å². The lowest BCUT2D eigenvalue weighted by Gasteiger charge is -2.31. The third-order valence-corrected chi connectivity index (χ3v) is 4.91. The SMILES string of the molecule is O=C(NCc1ccc(N2CCC(O)CC2)c(F)c1)c1ccc(Cl)cc1[N+](=O)[O-]. The molecule has 1 fully saturated rings. The van der Waals surface area contributed by atoms with E-state index in [2.05, 4.69) is 5.32 Å². The third-order valence-electron chi connectivity index (χ3n) is 4.67. The van der Waals surface area contributed by atoms with Crippen LogP contribution in [0.1, 0.15) is 28.8 Å². The van der Waals surface area contributed by atoms with E-state index >= 15 is 0 Å². The van der Waals surface area contributed by atoms with E-state index in [0.717, 1.165) is 6.07 Å². The average molecular weight is 408 g/mol. The van der Waals surface area contributed by atoms with Crippen molar-refractivity contribution in [1.29, 1.82) is 0 Å². The number of benzene rings is 2. The highest BCUT2D eigenvalue weighted by Gasteiger charge is 2.21. The number of nitro benzene ring substituents is 1. The van der Waals surface area contributed by atoms with Crippen molar-refractivity contribution in [1.82, 2.24) is 5.32 Å². The number of anilines is 1. The third kappa shape index (κ3) is 4.58. The molecule has 2 aromatic rings. The van der Waals surface area contributed by atoms with Crippen LogP contribution in [-0.2, 0) is 6.54 Å². The molecule has 0 aliphatic carbocycles. The van der Waals surface area contributed by atoms with Gasteiger partial charge in [0.2, 0.25) is 0 Å². The number of nitro groups is 1. The van der Waals surface area contributed by atoms with Gasteiger partial charge in [0.25, 0.3) is 11.6 Å². The summed E-state index contributed by atoms with van der Waals surface area (Å²) in [5.74, 6) is -1.06. The van der Waals surface area contributed by atoms with Crippen LogP contribution in [0.3, 0.4) is 0 Å². The number of nitrogens with one attached hydrogen (secondary N) is 1.